The molecule has 4 nitrogen and oxygen atoms in total. The Labute approximate surface area is 208 Å². The minimum absolute atomic E-state index is 0.239. The second-order valence-electron chi connectivity index (χ2n) is 8.91. The number of nitrogens with zero attached hydrogens (tertiary/aromatic N) is 1. The zero-order chi connectivity index (χ0) is 23.9. The van der Waals surface area contributed by atoms with Crippen molar-refractivity contribution in [2.45, 2.75) is 6.23 Å². The van der Waals surface area contributed by atoms with E-state index in [-0.39, 0.29) is 6.23 Å². The van der Waals surface area contributed by atoms with Crippen molar-refractivity contribution in [1.82, 2.24) is 4.98 Å². The molecule has 0 spiro atoms. The van der Waals surface area contributed by atoms with Crippen LogP contribution in [0.2, 0.25) is 0 Å². The Kier molecular flexibility index (Phi) is 4.81. The zero-order valence-electron chi connectivity index (χ0n) is 19.4. The van der Waals surface area contributed by atoms with Gasteiger partial charge in [0.1, 0.15) is 11.3 Å². The van der Waals surface area contributed by atoms with E-state index in [1.165, 1.54) is 5.56 Å². The van der Waals surface area contributed by atoms with Crippen molar-refractivity contribution in [3.05, 3.63) is 127 Å². The Hall–Kier alpha value is -4.83. The van der Waals surface area contributed by atoms with E-state index in [0.29, 0.717) is 5.89 Å². The highest BCUT2D eigenvalue weighted by Gasteiger charge is 2.24. The largest absolute Gasteiger partial charge is 0.464 e. The lowest BCUT2D eigenvalue weighted by Crippen LogP contribution is -2.09. The molecule has 2 heterocycles. The van der Waals surface area contributed by atoms with E-state index in [4.69, 9.17) is 14.1 Å². The van der Waals surface area contributed by atoms with Crippen molar-refractivity contribution in [2.75, 3.05) is 5.32 Å². The smallest absolute Gasteiger partial charge is 0.227 e. The van der Waals surface area contributed by atoms with Gasteiger partial charge in [-0.15, -0.1) is 0 Å². The average molecular weight is 467 g/mol. The highest BCUT2D eigenvalue weighted by atomic mass is 16.5. The summed E-state index contributed by atoms with van der Waals surface area (Å²) in [5, 5.41) is 3.47. The van der Waals surface area contributed by atoms with Crippen LogP contribution in [0.25, 0.3) is 44.8 Å². The molecule has 7 rings (SSSR count). The fourth-order valence-electron chi connectivity index (χ4n) is 4.66. The number of oxazole rings is 1. The quantitative estimate of drug-likeness (QED) is 0.284. The average Bonchev–Trinajstić information content (AvgIpc) is 3.58. The summed E-state index contributed by atoms with van der Waals surface area (Å²) in [5.41, 5.74) is 9.17. The van der Waals surface area contributed by atoms with Gasteiger partial charge in [0.05, 0.1) is 5.69 Å². The molecule has 1 atom stereocenters. The first-order valence-corrected chi connectivity index (χ1v) is 12.0. The molecule has 36 heavy (non-hydrogen) atoms. The van der Waals surface area contributed by atoms with E-state index >= 15 is 0 Å². The van der Waals surface area contributed by atoms with Gasteiger partial charge in [-0.1, -0.05) is 84.9 Å². The number of fused-ring (bicyclic) bond motifs is 2. The fourth-order valence-corrected chi connectivity index (χ4v) is 4.66. The number of benzene rings is 5. The number of anilines is 1. The van der Waals surface area contributed by atoms with Gasteiger partial charge in [-0.05, 0) is 58.7 Å². The molecule has 0 amide bonds. The molecule has 0 fully saturated rings. The number of aromatic nitrogens is 1. The lowest BCUT2D eigenvalue weighted by Gasteiger charge is -2.11. The van der Waals surface area contributed by atoms with E-state index in [0.717, 1.165) is 50.4 Å². The molecule has 1 aliphatic heterocycles. The minimum Gasteiger partial charge on any atom is -0.464 e. The van der Waals surface area contributed by atoms with Gasteiger partial charge in [-0.3, -0.25) is 0 Å². The van der Waals surface area contributed by atoms with Crippen LogP contribution in [0.4, 0.5) is 5.69 Å². The van der Waals surface area contributed by atoms with Gasteiger partial charge in [-0.25, -0.2) is 4.98 Å². The molecule has 1 N–H and O–H groups in total. The third-order valence-corrected chi connectivity index (χ3v) is 6.58. The van der Waals surface area contributed by atoms with Crippen LogP contribution in [0.1, 0.15) is 11.8 Å². The molecule has 0 saturated heterocycles. The van der Waals surface area contributed by atoms with Crippen molar-refractivity contribution in [1.29, 1.82) is 0 Å². The normalized spacial score (nSPS) is 14.3. The number of ether oxygens (including phenoxy) is 1. The molecule has 5 aromatic carbocycles. The Morgan fingerprint density at radius 1 is 0.583 bits per heavy atom. The van der Waals surface area contributed by atoms with Crippen molar-refractivity contribution < 1.29 is 9.15 Å². The first-order chi connectivity index (χ1) is 17.8. The molecular weight excluding hydrogens is 444 g/mol. The lowest BCUT2D eigenvalue weighted by atomic mass is 10.1. The molecule has 1 unspecified atom stereocenters. The summed E-state index contributed by atoms with van der Waals surface area (Å²) in [6.07, 6.45) is -0.239. The Bertz CT molecular complexity index is 1670. The molecule has 1 aliphatic rings. The number of hydrogen-bond acceptors (Lipinski definition) is 4. The maximum Gasteiger partial charge on any atom is 0.227 e. The lowest BCUT2D eigenvalue weighted by molar-refractivity contribution is 0.260. The van der Waals surface area contributed by atoms with E-state index in [2.05, 4.69) is 66.0 Å². The molecular formula is C32H22N2O2. The second kappa shape index (κ2) is 8.43. The molecule has 0 aliphatic carbocycles. The minimum atomic E-state index is -0.239. The van der Waals surface area contributed by atoms with Crippen LogP contribution in [0, 0.1) is 0 Å². The van der Waals surface area contributed by atoms with E-state index in [1.54, 1.807) is 0 Å². The Morgan fingerprint density at radius 2 is 1.22 bits per heavy atom. The second-order valence-corrected chi connectivity index (χ2v) is 8.91. The van der Waals surface area contributed by atoms with Crippen LogP contribution in [0.3, 0.4) is 0 Å². The summed E-state index contributed by atoms with van der Waals surface area (Å²) in [7, 11) is 0. The molecule has 4 heteroatoms. The summed E-state index contributed by atoms with van der Waals surface area (Å²) in [5.74, 6) is 1.47. The standard InChI is InChI=1S/C32H22N2O2/c1-3-7-21(8-4-1)25-15-17-27-29(19-25)35-31(33-27)23-11-13-24(14-12-23)32-34-28-18-16-26(20-30(28)36-32)22-9-5-2-6-10-22/h1-20,31,33H. The summed E-state index contributed by atoms with van der Waals surface area (Å²) < 4.78 is 12.4. The first kappa shape index (κ1) is 20.5. The van der Waals surface area contributed by atoms with E-state index in [1.807, 2.05) is 60.7 Å². The molecule has 0 bridgehead atoms. The van der Waals surface area contributed by atoms with Gasteiger partial charge >= 0.3 is 0 Å². The van der Waals surface area contributed by atoms with Crippen molar-refractivity contribution in [3.63, 3.8) is 0 Å². The highest BCUT2D eigenvalue weighted by molar-refractivity contribution is 5.82. The fraction of sp³-hybridized carbons (Fsp3) is 0.0312. The third kappa shape index (κ3) is 3.69. The number of nitrogens with one attached hydrogen (secondary N) is 1. The molecule has 1 aromatic heterocycles. The zero-order valence-corrected chi connectivity index (χ0v) is 19.4. The predicted octanol–water partition coefficient (Wildman–Crippen LogP) is 8.33. The molecule has 0 radical (unpaired) electrons. The van der Waals surface area contributed by atoms with Gasteiger partial charge in [0.2, 0.25) is 5.89 Å². The number of rotatable bonds is 4. The van der Waals surface area contributed by atoms with E-state index < -0.39 is 0 Å². The van der Waals surface area contributed by atoms with Gasteiger partial charge in [0.25, 0.3) is 0 Å². The first-order valence-electron chi connectivity index (χ1n) is 12.0. The molecule has 172 valence electrons. The van der Waals surface area contributed by atoms with Gasteiger partial charge < -0.3 is 14.5 Å². The van der Waals surface area contributed by atoms with Crippen molar-refractivity contribution >= 4 is 16.8 Å². The van der Waals surface area contributed by atoms with E-state index in [9.17, 15) is 0 Å². The van der Waals surface area contributed by atoms with Crippen LogP contribution in [0.5, 0.6) is 5.75 Å². The summed E-state index contributed by atoms with van der Waals surface area (Å²) in [4.78, 5) is 4.70. The van der Waals surface area contributed by atoms with Crippen molar-refractivity contribution in [3.8, 4) is 39.5 Å². The van der Waals surface area contributed by atoms with Crippen LogP contribution in [-0.2, 0) is 0 Å². The topological polar surface area (TPSA) is 47.3 Å². The van der Waals surface area contributed by atoms with Gasteiger partial charge in [-0.2, -0.15) is 0 Å². The summed E-state index contributed by atoms with van der Waals surface area (Å²) >= 11 is 0. The molecule has 0 saturated carbocycles. The monoisotopic (exact) mass is 466 g/mol. The maximum atomic E-state index is 6.25. The number of hydrogen-bond donors (Lipinski definition) is 1. The Balaban J connectivity index is 1.12. The van der Waals surface area contributed by atoms with Gasteiger partial charge in [0, 0.05) is 11.1 Å². The van der Waals surface area contributed by atoms with Crippen LogP contribution < -0.4 is 10.1 Å². The summed E-state index contributed by atoms with van der Waals surface area (Å²) in [6.45, 7) is 0. The third-order valence-electron chi connectivity index (χ3n) is 6.58. The van der Waals surface area contributed by atoms with Crippen LogP contribution in [-0.4, -0.2) is 4.98 Å². The van der Waals surface area contributed by atoms with Crippen LogP contribution in [0.15, 0.2) is 126 Å². The highest BCUT2D eigenvalue weighted by Crippen LogP contribution is 2.40. The predicted molar refractivity (Wildman–Crippen MR) is 144 cm³/mol. The molecule has 6 aromatic rings. The van der Waals surface area contributed by atoms with Gasteiger partial charge in [0.15, 0.2) is 11.8 Å². The summed E-state index contributed by atoms with van der Waals surface area (Å²) in [6, 6.07) is 41.2. The Morgan fingerprint density at radius 3 is 1.94 bits per heavy atom. The SMILES string of the molecule is c1ccc(-c2ccc3c(c2)OC(c2ccc(-c4nc5ccc(-c6ccccc6)cc5o4)cc2)N3)cc1. The maximum absolute atomic E-state index is 6.25. The van der Waals surface area contributed by atoms with Crippen LogP contribution >= 0.6 is 0 Å². The van der Waals surface area contributed by atoms with Crippen molar-refractivity contribution in [2.24, 2.45) is 0 Å².